The lowest BCUT2D eigenvalue weighted by atomic mass is 10.1. The molecular formula is C26H20N2O2. The van der Waals surface area contributed by atoms with Crippen molar-refractivity contribution in [2.45, 2.75) is 12.8 Å². The number of imide groups is 1. The van der Waals surface area contributed by atoms with Gasteiger partial charge in [-0.3, -0.25) is 14.5 Å². The Hall–Kier alpha value is -3.97. The molecule has 0 atom stereocenters. The summed E-state index contributed by atoms with van der Waals surface area (Å²) in [4.78, 5) is 26.1. The summed E-state index contributed by atoms with van der Waals surface area (Å²) in [6.45, 7) is 0.423. The van der Waals surface area contributed by atoms with Gasteiger partial charge in [0.25, 0.3) is 11.8 Å². The Morgan fingerprint density at radius 1 is 0.767 bits per heavy atom. The van der Waals surface area contributed by atoms with Crippen molar-refractivity contribution in [1.82, 2.24) is 4.90 Å². The highest BCUT2D eigenvalue weighted by Gasteiger charge is 2.34. The molecule has 1 aliphatic rings. The maximum atomic E-state index is 12.4. The van der Waals surface area contributed by atoms with Crippen LogP contribution in [0, 0.1) is 11.3 Å². The second-order valence-corrected chi connectivity index (χ2v) is 7.22. The van der Waals surface area contributed by atoms with Crippen LogP contribution in [0.3, 0.4) is 0 Å². The van der Waals surface area contributed by atoms with E-state index in [1.165, 1.54) is 10.5 Å². The summed E-state index contributed by atoms with van der Waals surface area (Å²) in [6, 6.07) is 24.8. The summed E-state index contributed by atoms with van der Waals surface area (Å²) in [5, 5.41) is 8.85. The fourth-order valence-corrected chi connectivity index (χ4v) is 3.54. The highest BCUT2D eigenvalue weighted by Crippen LogP contribution is 2.22. The van der Waals surface area contributed by atoms with E-state index in [0.717, 1.165) is 24.0 Å². The van der Waals surface area contributed by atoms with Gasteiger partial charge in [0.2, 0.25) is 0 Å². The second-order valence-electron chi connectivity index (χ2n) is 7.22. The number of carbonyl (C=O) groups excluding carboxylic acids is 2. The van der Waals surface area contributed by atoms with E-state index in [1.807, 2.05) is 24.3 Å². The molecular weight excluding hydrogens is 372 g/mol. The molecule has 0 bridgehead atoms. The summed E-state index contributed by atoms with van der Waals surface area (Å²) in [5.74, 6) is -0.391. The fourth-order valence-electron chi connectivity index (χ4n) is 3.54. The predicted octanol–water partition coefficient (Wildman–Crippen LogP) is 4.96. The molecule has 30 heavy (non-hydrogen) atoms. The van der Waals surface area contributed by atoms with Gasteiger partial charge in [-0.05, 0) is 53.8 Å². The Bertz CT molecular complexity index is 1120. The van der Waals surface area contributed by atoms with Crippen LogP contribution in [0.15, 0.2) is 72.8 Å². The molecule has 146 valence electrons. The molecule has 1 heterocycles. The molecule has 3 aromatic rings. The normalized spacial score (nSPS) is 13.0. The summed E-state index contributed by atoms with van der Waals surface area (Å²) < 4.78 is 0. The maximum Gasteiger partial charge on any atom is 0.261 e. The molecule has 0 radical (unpaired) electrons. The van der Waals surface area contributed by atoms with Crippen LogP contribution in [-0.2, 0) is 6.42 Å². The smallest absolute Gasteiger partial charge is 0.261 e. The zero-order valence-electron chi connectivity index (χ0n) is 16.4. The average molecular weight is 392 g/mol. The van der Waals surface area contributed by atoms with E-state index < -0.39 is 0 Å². The third-order valence-electron chi connectivity index (χ3n) is 5.21. The third kappa shape index (κ3) is 4.06. The lowest BCUT2D eigenvalue weighted by Crippen LogP contribution is -2.30. The fraction of sp³-hybridized carbons (Fsp3) is 0.115. The third-order valence-corrected chi connectivity index (χ3v) is 5.21. The molecule has 4 heteroatoms. The van der Waals surface area contributed by atoms with Crippen LogP contribution in [0.4, 0.5) is 0 Å². The number of nitriles is 1. The number of rotatable bonds is 6. The van der Waals surface area contributed by atoms with Crippen LogP contribution in [0.1, 0.15) is 49.4 Å². The number of nitrogens with zero attached hydrogens (tertiary/aromatic N) is 2. The first-order valence-corrected chi connectivity index (χ1v) is 9.88. The van der Waals surface area contributed by atoms with Crippen molar-refractivity contribution in [2.24, 2.45) is 0 Å². The van der Waals surface area contributed by atoms with Crippen molar-refractivity contribution in [3.8, 4) is 6.07 Å². The van der Waals surface area contributed by atoms with Crippen molar-refractivity contribution in [3.63, 3.8) is 0 Å². The van der Waals surface area contributed by atoms with E-state index >= 15 is 0 Å². The van der Waals surface area contributed by atoms with Gasteiger partial charge in [-0.25, -0.2) is 0 Å². The molecule has 0 spiro atoms. The van der Waals surface area contributed by atoms with E-state index in [-0.39, 0.29) is 11.8 Å². The van der Waals surface area contributed by atoms with Crippen molar-refractivity contribution < 1.29 is 9.59 Å². The van der Waals surface area contributed by atoms with Crippen LogP contribution >= 0.6 is 0 Å². The Balaban J connectivity index is 1.31. The molecule has 4 nitrogen and oxygen atoms in total. The number of amides is 2. The van der Waals surface area contributed by atoms with Gasteiger partial charge in [0.1, 0.15) is 0 Å². The summed E-state index contributed by atoms with van der Waals surface area (Å²) in [7, 11) is 0. The summed E-state index contributed by atoms with van der Waals surface area (Å²) in [6.07, 6.45) is 5.57. The van der Waals surface area contributed by atoms with Gasteiger partial charge in [0.05, 0.1) is 22.8 Å². The van der Waals surface area contributed by atoms with E-state index in [4.69, 9.17) is 5.26 Å². The molecule has 0 fully saturated rings. The number of hydrogen-bond acceptors (Lipinski definition) is 3. The first kappa shape index (κ1) is 19.4. The monoisotopic (exact) mass is 392 g/mol. The van der Waals surface area contributed by atoms with Gasteiger partial charge >= 0.3 is 0 Å². The summed E-state index contributed by atoms with van der Waals surface area (Å²) >= 11 is 0. The average Bonchev–Trinajstić information content (AvgIpc) is 3.04. The Morgan fingerprint density at radius 3 is 1.83 bits per heavy atom. The molecule has 2 amide bonds. The number of benzene rings is 3. The van der Waals surface area contributed by atoms with Crippen LogP contribution in [-0.4, -0.2) is 23.3 Å². The molecule has 1 aliphatic heterocycles. The maximum absolute atomic E-state index is 12.4. The van der Waals surface area contributed by atoms with Crippen molar-refractivity contribution >= 4 is 24.0 Å². The molecule has 0 saturated heterocycles. The van der Waals surface area contributed by atoms with Gasteiger partial charge in [-0.1, -0.05) is 60.7 Å². The van der Waals surface area contributed by atoms with Crippen molar-refractivity contribution in [2.75, 3.05) is 6.54 Å². The van der Waals surface area contributed by atoms with Crippen LogP contribution < -0.4 is 0 Å². The highest BCUT2D eigenvalue weighted by molar-refractivity contribution is 6.21. The zero-order chi connectivity index (χ0) is 20.9. The molecule has 0 saturated carbocycles. The number of carbonyl (C=O) groups is 2. The van der Waals surface area contributed by atoms with E-state index in [2.05, 4.69) is 30.3 Å². The Kier molecular flexibility index (Phi) is 5.54. The van der Waals surface area contributed by atoms with Gasteiger partial charge in [0, 0.05) is 6.54 Å². The van der Waals surface area contributed by atoms with Crippen LogP contribution in [0.5, 0.6) is 0 Å². The molecule has 4 rings (SSSR count). The quantitative estimate of drug-likeness (QED) is 0.440. The molecule has 0 aromatic heterocycles. The predicted molar refractivity (Wildman–Crippen MR) is 117 cm³/mol. The van der Waals surface area contributed by atoms with E-state index in [0.29, 0.717) is 23.2 Å². The molecule has 0 N–H and O–H groups in total. The lowest BCUT2D eigenvalue weighted by Gasteiger charge is -2.13. The van der Waals surface area contributed by atoms with Gasteiger partial charge < -0.3 is 0 Å². The second kappa shape index (κ2) is 8.59. The molecule has 0 unspecified atom stereocenters. The van der Waals surface area contributed by atoms with Gasteiger partial charge in [-0.2, -0.15) is 5.26 Å². The minimum Gasteiger partial charge on any atom is -0.274 e. The summed E-state index contributed by atoms with van der Waals surface area (Å²) in [5.41, 5.74) is 4.95. The Labute approximate surface area is 175 Å². The molecule has 0 aliphatic carbocycles. The highest BCUT2D eigenvalue weighted by atomic mass is 16.2. The minimum absolute atomic E-state index is 0.195. The minimum atomic E-state index is -0.195. The van der Waals surface area contributed by atoms with Crippen LogP contribution in [0.25, 0.3) is 12.2 Å². The lowest BCUT2D eigenvalue weighted by molar-refractivity contribution is 0.0652. The largest absolute Gasteiger partial charge is 0.274 e. The van der Waals surface area contributed by atoms with Crippen molar-refractivity contribution in [1.29, 1.82) is 5.26 Å². The Morgan fingerprint density at radius 2 is 1.30 bits per heavy atom. The van der Waals surface area contributed by atoms with Gasteiger partial charge in [-0.15, -0.1) is 0 Å². The first-order valence-electron chi connectivity index (χ1n) is 9.88. The van der Waals surface area contributed by atoms with Crippen molar-refractivity contribution in [3.05, 3.63) is 106 Å². The van der Waals surface area contributed by atoms with E-state index in [1.54, 1.807) is 36.4 Å². The number of fused-ring (bicyclic) bond motifs is 1. The van der Waals surface area contributed by atoms with Crippen LogP contribution in [0.2, 0.25) is 0 Å². The van der Waals surface area contributed by atoms with E-state index in [9.17, 15) is 9.59 Å². The topological polar surface area (TPSA) is 61.2 Å². The number of aryl methyl sites for hydroxylation is 1. The first-order chi connectivity index (χ1) is 14.7. The van der Waals surface area contributed by atoms with Gasteiger partial charge in [0.15, 0.2) is 0 Å². The molecule has 3 aromatic carbocycles. The SMILES string of the molecule is N#Cc1ccc(/C=C/c2ccc(CCCN3C(=O)c4ccccc4C3=O)cc2)cc1. The zero-order valence-corrected chi connectivity index (χ0v) is 16.4. The standard InChI is InChI=1S/C26H20N2O2/c27-18-22-15-13-21(14-16-22)12-11-20-9-7-19(8-10-20)4-3-17-28-25(29)23-5-1-2-6-24(23)26(28)30/h1-2,5-16H,3-4,17H2/b12-11+. The number of hydrogen-bond donors (Lipinski definition) is 0.